The van der Waals surface area contributed by atoms with E-state index in [2.05, 4.69) is 13.0 Å². The molecular formula is C14H18O2. The monoisotopic (exact) mass is 218 g/mol. The highest BCUT2D eigenvalue weighted by molar-refractivity contribution is 5.93. The van der Waals surface area contributed by atoms with E-state index in [4.69, 9.17) is 4.74 Å². The Labute approximate surface area is 96.9 Å². The first-order chi connectivity index (χ1) is 7.67. The van der Waals surface area contributed by atoms with Gasteiger partial charge in [-0.25, -0.2) is 0 Å². The molecule has 86 valence electrons. The van der Waals surface area contributed by atoms with E-state index < -0.39 is 0 Å². The number of rotatable bonds is 5. The molecule has 0 aliphatic heterocycles. The summed E-state index contributed by atoms with van der Waals surface area (Å²) >= 11 is 0. The average molecular weight is 218 g/mol. The fraction of sp³-hybridized carbons (Fsp3) is 0.357. The SMILES string of the molecule is C/C=C(\COc1cccc(CC)c1)C(C)=O. The van der Waals surface area contributed by atoms with Crippen molar-refractivity contribution in [3.05, 3.63) is 41.5 Å². The Morgan fingerprint density at radius 2 is 2.19 bits per heavy atom. The van der Waals surface area contributed by atoms with Gasteiger partial charge < -0.3 is 4.74 Å². The van der Waals surface area contributed by atoms with Crippen molar-refractivity contribution in [3.8, 4) is 5.75 Å². The van der Waals surface area contributed by atoms with Crippen molar-refractivity contribution < 1.29 is 9.53 Å². The third-order valence-electron chi connectivity index (χ3n) is 2.50. The highest BCUT2D eigenvalue weighted by Gasteiger charge is 2.03. The molecule has 1 aromatic carbocycles. The Balaban J connectivity index is 2.63. The summed E-state index contributed by atoms with van der Waals surface area (Å²) in [5.41, 5.74) is 1.95. The van der Waals surface area contributed by atoms with Gasteiger partial charge in [-0.15, -0.1) is 0 Å². The number of benzene rings is 1. The molecule has 0 unspecified atom stereocenters. The Morgan fingerprint density at radius 1 is 1.44 bits per heavy atom. The quantitative estimate of drug-likeness (QED) is 0.709. The maximum atomic E-state index is 11.2. The van der Waals surface area contributed by atoms with Crippen molar-refractivity contribution in [2.45, 2.75) is 27.2 Å². The van der Waals surface area contributed by atoms with E-state index in [1.165, 1.54) is 5.56 Å². The lowest BCUT2D eigenvalue weighted by atomic mass is 10.1. The maximum Gasteiger partial charge on any atom is 0.158 e. The molecule has 0 aromatic heterocycles. The van der Waals surface area contributed by atoms with Crippen LogP contribution in [0, 0.1) is 0 Å². The number of carbonyl (C=O) groups excluding carboxylic acids is 1. The highest BCUT2D eigenvalue weighted by atomic mass is 16.5. The zero-order valence-corrected chi connectivity index (χ0v) is 10.1. The number of hydrogen-bond acceptors (Lipinski definition) is 2. The molecule has 2 nitrogen and oxygen atoms in total. The van der Waals surface area contributed by atoms with Crippen LogP contribution < -0.4 is 4.74 Å². The fourth-order valence-electron chi connectivity index (χ4n) is 1.40. The van der Waals surface area contributed by atoms with Crippen molar-refractivity contribution in [2.24, 2.45) is 0 Å². The van der Waals surface area contributed by atoms with Crippen LogP contribution in [0.2, 0.25) is 0 Å². The molecule has 0 fully saturated rings. The first-order valence-electron chi connectivity index (χ1n) is 5.55. The summed E-state index contributed by atoms with van der Waals surface area (Å²) in [5, 5.41) is 0. The summed E-state index contributed by atoms with van der Waals surface area (Å²) in [7, 11) is 0. The average Bonchev–Trinajstić information content (AvgIpc) is 2.29. The largest absolute Gasteiger partial charge is 0.489 e. The Bertz CT molecular complexity index is 391. The summed E-state index contributed by atoms with van der Waals surface area (Å²) in [4.78, 5) is 11.2. The molecule has 0 spiro atoms. The lowest BCUT2D eigenvalue weighted by molar-refractivity contribution is -0.113. The number of Topliss-reactive ketones (excluding diaryl/α,β-unsaturated/α-hetero) is 1. The minimum atomic E-state index is 0.0640. The molecule has 1 rings (SSSR count). The number of carbonyl (C=O) groups is 1. The van der Waals surface area contributed by atoms with Crippen LogP contribution in [0.3, 0.4) is 0 Å². The molecule has 0 radical (unpaired) electrons. The number of ketones is 1. The van der Waals surface area contributed by atoms with Crippen LogP contribution in [0.1, 0.15) is 26.3 Å². The normalized spacial score (nSPS) is 11.3. The molecule has 0 bridgehead atoms. The van der Waals surface area contributed by atoms with Crippen molar-refractivity contribution >= 4 is 5.78 Å². The number of hydrogen-bond donors (Lipinski definition) is 0. The van der Waals surface area contributed by atoms with Gasteiger partial charge in [-0.3, -0.25) is 4.79 Å². The van der Waals surface area contributed by atoms with Gasteiger partial charge in [0.15, 0.2) is 5.78 Å². The molecule has 0 aliphatic rings. The molecule has 0 N–H and O–H groups in total. The fourth-order valence-corrected chi connectivity index (χ4v) is 1.40. The minimum Gasteiger partial charge on any atom is -0.489 e. The second-order valence-electron chi connectivity index (χ2n) is 3.66. The summed E-state index contributed by atoms with van der Waals surface area (Å²) in [5.74, 6) is 0.883. The van der Waals surface area contributed by atoms with Gasteiger partial charge in [0.2, 0.25) is 0 Å². The summed E-state index contributed by atoms with van der Waals surface area (Å²) in [6.45, 7) is 5.86. The predicted molar refractivity (Wildman–Crippen MR) is 65.8 cm³/mol. The van der Waals surface area contributed by atoms with Crippen LogP contribution in [0.4, 0.5) is 0 Å². The van der Waals surface area contributed by atoms with E-state index in [0.29, 0.717) is 12.2 Å². The zero-order valence-electron chi connectivity index (χ0n) is 10.1. The molecule has 0 saturated heterocycles. The van der Waals surface area contributed by atoms with Crippen LogP contribution in [0.15, 0.2) is 35.9 Å². The topological polar surface area (TPSA) is 26.3 Å². The summed E-state index contributed by atoms with van der Waals surface area (Å²) < 4.78 is 5.57. The third kappa shape index (κ3) is 3.54. The number of ether oxygens (including phenoxy) is 1. The van der Waals surface area contributed by atoms with Gasteiger partial charge in [0.05, 0.1) is 0 Å². The lowest BCUT2D eigenvalue weighted by Gasteiger charge is -2.08. The predicted octanol–water partition coefficient (Wildman–Crippen LogP) is 3.16. The smallest absolute Gasteiger partial charge is 0.158 e. The molecule has 0 atom stereocenters. The Hall–Kier alpha value is -1.57. The maximum absolute atomic E-state index is 11.2. The van der Waals surface area contributed by atoms with E-state index >= 15 is 0 Å². The first-order valence-corrected chi connectivity index (χ1v) is 5.55. The molecule has 0 amide bonds. The molecule has 0 saturated carbocycles. The van der Waals surface area contributed by atoms with Gasteiger partial charge in [0, 0.05) is 5.57 Å². The third-order valence-corrected chi connectivity index (χ3v) is 2.50. The Kier molecular flexibility index (Phi) is 4.77. The zero-order chi connectivity index (χ0) is 12.0. The lowest BCUT2D eigenvalue weighted by Crippen LogP contribution is -2.07. The molecule has 0 aliphatic carbocycles. The van der Waals surface area contributed by atoms with Gasteiger partial charge in [0.1, 0.15) is 12.4 Å². The minimum absolute atomic E-state index is 0.0640. The first kappa shape index (κ1) is 12.5. The Morgan fingerprint density at radius 3 is 2.75 bits per heavy atom. The highest BCUT2D eigenvalue weighted by Crippen LogP contribution is 2.14. The van der Waals surface area contributed by atoms with Crippen LogP contribution in [-0.4, -0.2) is 12.4 Å². The summed E-state index contributed by atoms with van der Waals surface area (Å²) in [6, 6.07) is 7.95. The van der Waals surface area contributed by atoms with Crippen LogP contribution in [-0.2, 0) is 11.2 Å². The van der Waals surface area contributed by atoms with Gasteiger partial charge in [-0.2, -0.15) is 0 Å². The van der Waals surface area contributed by atoms with Crippen LogP contribution >= 0.6 is 0 Å². The number of aryl methyl sites for hydroxylation is 1. The molecule has 16 heavy (non-hydrogen) atoms. The standard InChI is InChI=1S/C14H18O2/c1-4-12-7-6-8-14(9-12)16-10-13(5-2)11(3)15/h5-9H,4,10H2,1-3H3/b13-5+. The van der Waals surface area contributed by atoms with Crippen molar-refractivity contribution in [1.82, 2.24) is 0 Å². The summed E-state index contributed by atoms with van der Waals surface area (Å²) in [6.07, 6.45) is 2.78. The van der Waals surface area contributed by atoms with Crippen LogP contribution in [0.25, 0.3) is 0 Å². The van der Waals surface area contributed by atoms with Crippen LogP contribution in [0.5, 0.6) is 5.75 Å². The second-order valence-corrected chi connectivity index (χ2v) is 3.66. The second kappa shape index (κ2) is 6.11. The molecule has 0 heterocycles. The van der Waals surface area contributed by atoms with Crippen molar-refractivity contribution in [3.63, 3.8) is 0 Å². The van der Waals surface area contributed by atoms with E-state index in [0.717, 1.165) is 12.2 Å². The molecular weight excluding hydrogens is 200 g/mol. The molecule has 2 heteroatoms. The van der Waals surface area contributed by atoms with Crippen molar-refractivity contribution in [2.75, 3.05) is 6.61 Å². The molecule has 1 aromatic rings. The van der Waals surface area contributed by atoms with E-state index in [1.807, 2.05) is 25.1 Å². The number of allylic oxidation sites excluding steroid dienone is 1. The van der Waals surface area contributed by atoms with Gasteiger partial charge in [0.25, 0.3) is 0 Å². The van der Waals surface area contributed by atoms with Crippen molar-refractivity contribution in [1.29, 1.82) is 0 Å². The van der Waals surface area contributed by atoms with E-state index in [9.17, 15) is 4.79 Å². The van der Waals surface area contributed by atoms with Gasteiger partial charge in [-0.05, 0) is 38.0 Å². The van der Waals surface area contributed by atoms with Gasteiger partial charge >= 0.3 is 0 Å². The van der Waals surface area contributed by atoms with Gasteiger partial charge in [-0.1, -0.05) is 25.1 Å². The van der Waals surface area contributed by atoms with E-state index in [-0.39, 0.29) is 5.78 Å². The van der Waals surface area contributed by atoms with E-state index in [1.54, 1.807) is 13.0 Å².